The number of nitrogens with one attached hydrogen (secondary N) is 2. The topological polar surface area (TPSA) is 110 Å². The van der Waals surface area contributed by atoms with Crippen LogP contribution in [0.4, 0.5) is 5.13 Å². The van der Waals surface area contributed by atoms with Crippen LogP contribution in [0.25, 0.3) is 11.3 Å². The van der Waals surface area contributed by atoms with E-state index >= 15 is 0 Å². The third kappa shape index (κ3) is 4.45. The molecule has 0 radical (unpaired) electrons. The molecule has 1 aromatic carbocycles. The Morgan fingerprint density at radius 1 is 1.13 bits per heavy atom. The summed E-state index contributed by atoms with van der Waals surface area (Å²) in [6, 6.07) is 8.42. The zero-order valence-corrected chi connectivity index (χ0v) is 17.5. The molecule has 2 amide bonds. The number of hydrogen-bond acceptors (Lipinski definition) is 8. The van der Waals surface area contributed by atoms with Crippen molar-refractivity contribution in [2.45, 2.75) is 6.92 Å². The van der Waals surface area contributed by atoms with E-state index in [2.05, 4.69) is 25.9 Å². The number of hydrogen-bond donors (Lipinski definition) is 2. The van der Waals surface area contributed by atoms with Crippen LogP contribution in [-0.2, 0) is 4.74 Å². The predicted octanol–water partition coefficient (Wildman–Crippen LogP) is 2.67. The van der Waals surface area contributed by atoms with Crippen LogP contribution in [-0.4, -0.2) is 48.3 Å². The average molecular weight is 448 g/mol. The van der Waals surface area contributed by atoms with E-state index < -0.39 is 11.8 Å². The number of thiazole rings is 1. The van der Waals surface area contributed by atoms with Gasteiger partial charge in [0.1, 0.15) is 4.88 Å². The van der Waals surface area contributed by atoms with Crippen LogP contribution in [0.2, 0.25) is 5.02 Å². The third-order valence-corrected chi connectivity index (χ3v) is 5.90. The maximum atomic E-state index is 12.5. The summed E-state index contributed by atoms with van der Waals surface area (Å²) in [6.07, 6.45) is 0. The first kappa shape index (κ1) is 20.3. The number of rotatable bonds is 4. The average Bonchev–Trinajstić information content (AvgIpc) is 3.40. The molecule has 2 N–H and O–H groups in total. The lowest BCUT2D eigenvalue weighted by Crippen LogP contribution is -2.41. The minimum absolute atomic E-state index is 0.0373. The van der Waals surface area contributed by atoms with Crippen LogP contribution in [0, 0.1) is 6.92 Å². The number of benzene rings is 1. The van der Waals surface area contributed by atoms with Crippen molar-refractivity contribution in [3.8, 4) is 11.3 Å². The summed E-state index contributed by atoms with van der Waals surface area (Å²) in [5, 5.41) is 5.10. The number of carbonyl (C=O) groups excluding carboxylic acids is 2. The van der Waals surface area contributed by atoms with Crippen molar-refractivity contribution < 1.29 is 18.8 Å². The number of halogens is 1. The molecule has 0 spiro atoms. The minimum Gasteiger partial charge on any atom is -0.378 e. The van der Waals surface area contributed by atoms with Gasteiger partial charge in [0.05, 0.1) is 18.9 Å². The van der Waals surface area contributed by atoms with Gasteiger partial charge in [-0.25, -0.2) is 4.98 Å². The van der Waals surface area contributed by atoms with Gasteiger partial charge in [0.2, 0.25) is 0 Å². The zero-order valence-electron chi connectivity index (χ0n) is 16.0. The summed E-state index contributed by atoms with van der Waals surface area (Å²) in [5.41, 5.74) is 6.11. The number of aryl methyl sites for hydroxylation is 1. The molecule has 0 atom stereocenters. The lowest BCUT2D eigenvalue weighted by atomic mass is 10.1. The molecule has 4 rings (SSSR count). The number of carbonyl (C=O) groups is 2. The SMILES string of the molecule is Cc1nc(N2CCOCC2)sc1C(=O)NNC(=O)c1cc(-c2ccc(Cl)cc2)on1. The lowest BCUT2D eigenvalue weighted by Gasteiger charge is -2.25. The van der Waals surface area contributed by atoms with E-state index in [1.54, 1.807) is 31.2 Å². The van der Waals surface area contributed by atoms with Crippen LogP contribution in [0.5, 0.6) is 0 Å². The van der Waals surface area contributed by atoms with Gasteiger partial charge in [0, 0.05) is 29.7 Å². The molecule has 2 aromatic heterocycles. The summed E-state index contributed by atoms with van der Waals surface area (Å²) < 4.78 is 10.5. The van der Waals surface area contributed by atoms with Gasteiger partial charge in [-0.15, -0.1) is 0 Å². The van der Waals surface area contributed by atoms with Gasteiger partial charge in [-0.3, -0.25) is 20.4 Å². The molecule has 1 saturated heterocycles. The largest absolute Gasteiger partial charge is 0.378 e. The highest BCUT2D eigenvalue weighted by molar-refractivity contribution is 7.17. The number of aromatic nitrogens is 2. The number of hydrazine groups is 1. The summed E-state index contributed by atoms with van der Waals surface area (Å²) in [4.78, 5) is 31.8. The number of ether oxygens (including phenoxy) is 1. The fourth-order valence-corrected chi connectivity index (χ4v) is 3.99. The Morgan fingerprint density at radius 2 is 1.83 bits per heavy atom. The van der Waals surface area contributed by atoms with Gasteiger partial charge in [-0.2, -0.15) is 0 Å². The third-order valence-electron chi connectivity index (χ3n) is 4.43. The van der Waals surface area contributed by atoms with E-state index in [0.717, 1.165) is 23.8 Å². The highest BCUT2D eigenvalue weighted by Crippen LogP contribution is 2.26. The second-order valence-electron chi connectivity index (χ2n) is 6.50. The number of nitrogens with zero attached hydrogens (tertiary/aromatic N) is 3. The normalized spacial score (nSPS) is 13.9. The summed E-state index contributed by atoms with van der Waals surface area (Å²) in [7, 11) is 0. The summed E-state index contributed by atoms with van der Waals surface area (Å²) in [6.45, 7) is 4.48. The van der Waals surface area contributed by atoms with Gasteiger partial charge in [-0.1, -0.05) is 28.1 Å². The molecule has 0 aliphatic carbocycles. The van der Waals surface area contributed by atoms with Gasteiger partial charge in [0.15, 0.2) is 16.6 Å². The predicted molar refractivity (Wildman–Crippen MR) is 112 cm³/mol. The molecule has 0 bridgehead atoms. The molecule has 1 aliphatic heterocycles. The number of morpholine rings is 1. The Hall–Kier alpha value is -2.95. The van der Waals surface area contributed by atoms with E-state index in [-0.39, 0.29) is 5.69 Å². The van der Waals surface area contributed by atoms with Gasteiger partial charge >= 0.3 is 0 Å². The van der Waals surface area contributed by atoms with Gasteiger partial charge in [0.25, 0.3) is 11.8 Å². The standard InChI is InChI=1S/C19H18ClN5O4S/c1-11-16(30-19(21-11)25-6-8-28-9-7-25)18(27)23-22-17(26)14-10-15(29-24-14)12-2-4-13(20)5-3-12/h2-5,10H,6-9H2,1H3,(H,22,26)(H,23,27). The maximum Gasteiger partial charge on any atom is 0.291 e. The Kier molecular flexibility index (Phi) is 5.98. The first-order valence-corrected chi connectivity index (χ1v) is 10.3. The minimum atomic E-state index is -0.595. The number of anilines is 1. The van der Waals surface area contributed by atoms with Crippen LogP contribution in [0.15, 0.2) is 34.9 Å². The van der Waals surface area contributed by atoms with Crippen molar-refractivity contribution in [3.05, 3.63) is 51.6 Å². The Labute approximate surface area is 180 Å². The second kappa shape index (κ2) is 8.82. The van der Waals surface area contributed by atoms with Crippen LogP contribution in [0.3, 0.4) is 0 Å². The van der Waals surface area contributed by atoms with E-state index in [4.69, 9.17) is 20.9 Å². The quantitative estimate of drug-likeness (QED) is 0.591. The maximum absolute atomic E-state index is 12.5. The molecule has 156 valence electrons. The van der Waals surface area contributed by atoms with E-state index in [9.17, 15) is 9.59 Å². The van der Waals surface area contributed by atoms with Crippen LogP contribution < -0.4 is 15.8 Å². The Bertz CT molecular complexity index is 1060. The molecule has 1 aliphatic rings. The number of amides is 2. The van der Waals surface area contributed by atoms with Crippen molar-refractivity contribution >= 4 is 39.9 Å². The van der Waals surface area contributed by atoms with Crippen molar-refractivity contribution in [2.75, 3.05) is 31.2 Å². The molecule has 9 nitrogen and oxygen atoms in total. The molecule has 30 heavy (non-hydrogen) atoms. The summed E-state index contributed by atoms with van der Waals surface area (Å²) in [5.74, 6) is -0.626. The molecule has 1 fully saturated rings. The highest BCUT2D eigenvalue weighted by atomic mass is 35.5. The fourth-order valence-electron chi connectivity index (χ4n) is 2.85. The molecular weight excluding hydrogens is 430 g/mol. The van der Waals surface area contributed by atoms with E-state index in [1.807, 2.05) is 0 Å². The molecule has 11 heteroatoms. The van der Waals surface area contributed by atoms with E-state index in [1.165, 1.54) is 17.4 Å². The molecule has 3 aromatic rings. The van der Waals surface area contributed by atoms with Gasteiger partial charge in [-0.05, 0) is 31.2 Å². The molecule has 3 heterocycles. The smallest absolute Gasteiger partial charge is 0.291 e. The Balaban J connectivity index is 1.37. The molecule has 0 saturated carbocycles. The fraction of sp³-hybridized carbons (Fsp3) is 0.263. The van der Waals surface area contributed by atoms with Crippen molar-refractivity contribution in [3.63, 3.8) is 0 Å². The second-order valence-corrected chi connectivity index (χ2v) is 7.92. The molecular formula is C19H18ClN5O4S. The monoisotopic (exact) mass is 447 g/mol. The van der Waals surface area contributed by atoms with Gasteiger partial charge < -0.3 is 14.2 Å². The lowest BCUT2D eigenvalue weighted by molar-refractivity contribution is 0.0843. The van der Waals surface area contributed by atoms with Crippen LogP contribution in [0.1, 0.15) is 25.9 Å². The highest BCUT2D eigenvalue weighted by Gasteiger charge is 2.21. The van der Waals surface area contributed by atoms with Crippen molar-refractivity contribution in [1.29, 1.82) is 0 Å². The zero-order chi connectivity index (χ0) is 21.1. The van der Waals surface area contributed by atoms with E-state index in [0.29, 0.717) is 34.6 Å². The first-order chi connectivity index (χ1) is 14.5. The summed E-state index contributed by atoms with van der Waals surface area (Å²) >= 11 is 7.15. The first-order valence-electron chi connectivity index (χ1n) is 9.15. The van der Waals surface area contributed by atoms with Crippen LogP contribution >= 0.6 is 22.9 Å². The Morgan fingerprint density at radius 3 is 2.57 bits per heavy atom. The van der Waals surface area contributed by atoms with Crippen molar-refractivity contribution in [2.24, 2.45) is 0 Å². The van der Waals surface area contributed by atoms with Crippen molar-refractivity contribution in [1.82, 2.24) is 21.0 Å². The molecule has 0 unspecified atom stereocenters.